The molecule has 5 unspecified atom stereocenters. The third-order valence-corrected chi connectivity index (χ3v) is 5.40. The highest BCUT2D eigenvalue weighted by atomic mass is 16.6. The van der Waals surface area contributed by atoms with Gasteiger partial charge >= 0.3 is 11.9 Å². The number of hydrogen-bond acceptors (Lipinski definition) is 4. The summed E-state index contributed by atoms with van der Waals surface area (Å²) in [4.78, 5) is 23.6. The Morgan fingerprint density at radius 1 is 1.53 bits per heavy atom. The zero-order valence-electron chi connectivity index (χ0n) is 11.5. The average molecular weight is 264 g/mol. The number of carbonyl (C=O) groups is 2. The van der Waals surface area contributed by atoms with Crippen molar-refractivity contribution in [3.8, 4) is 0 Å². The minimum atomic E-state index is -0.341. The monoisotopic (exact) mass is 264 g/mol. The Morgan fingerprint density at radius 3 is 2.89 bits per heavy atom. The maximum absolute atomic E-state index is 11.9. The maximum atomic E-state index is 11.9. The van der Waals surface area contributed by atoms with Gasteiger partial charge in [-0.05, 0) is 31.6 Å². The number of fused-ring (bicyclic) bond motifs is 5. The van der Waals surface area contributed by atoms with Crippen molar-refractivity contribution in [3.05, 3.63) is 12.2 Å². The maximum Gasteiger partial charge on any atom is 0.333 e. The fraction of sp³-hybridized carbons (Fsp3) is 0.733. The highest BCUT2D eigenvalue weighted by Gasteiger charge is 2.66. The van der Waals surface area contributed by atoms with E-state index < -0.39 is 0 Å². The van der Waals surface area contributed by atoms with Gasteiger partial charge in [0.05, 0.1) is 12.5 Å². The lowest BCUT2D eigenvalue weighted by Crippen LogP contribution is -2.39. The molecule has 3 aliphatic rings. The number of rotatable bonds is 3. The fourth-order valence-corrected chi connectivity index (χ4v) is 4.38. The molecule has 5 atom stereocenters. The Bertz CT molecular complexity index is 455. The van der Waals surface area contributed by atoms with Gasteiger partial charge in [0.1, 0.15) is 6.10 Å². The van der Waals surface area contributed by atoms with Crippen LogP contribution in [-0.2, 0) is 19.1 Å². The third-order valence-electron chi connectivity index (χ3n) is 5.40. The molecule has 3 fully saturated rings. The van der Waals surface area contributed by atoms with Gasteiger partial charge in [0.2, 0.25) is 0 Å². The molecule has 3 rings (SSSR count). The molecule has 0 aromatic heterocycles. The SMILES string of the molecule is C=C(C)C(=O)OC1CC2(CC)CC1C1C(=O)OCC12. The normalized spacial score (nSPS) is 42.9. The predicted octanol–water partition coefficient (Wildman–Crippen LogP) is 2.08. The summed E-state index contributed by atoms with van der Waals surface area (Å²) in [6, 6.07) is 0. The van der Waals surface area contributed by atoms with Gasteiger partial charge < -0.3 is 9.47 Å². The number of esters is 2. The average Bonchev–Trinajstić information content (AvgIpc) is 3.00. The van der Waals surface area contributed by atoms with Crippen molar-refractivity contribution in [3.63, 3.8) is 0 Å². The van der Waals surface area contributed by atoms with Gasteiger partial charge in [-0.15, -0.1) is 0 Å². The summed E-state index contributed by atoms with van der Waals surface area (Å²) in [7, 11) is 0. The van der Waals surface area contributed by atoms with E-state index in [-0.39, 0.29) is 35.3 Å². The van der Waals surface area contributed by atoms with Gasteiger partial charge in [-0.1, -0.05) is 13.5 Å². The highest BCUT2D eigenvalue weighted by molar-refractivity contribution is 5.87. The molecule has 0 aromatic carbocycles. The van der Waals surface area contributed by atoms with Crippen molar-refractivity contribution >= 4 is 11.9 Å². The Balaban J connectivity index is 1.83. The number of carbonyl (C=O) groups excluding carboxylic acids is 2. The van der Waals surface area contributed by atoms with Crippen molar-refractivity contribution in [2.45, 2.75) is 39.2 Å². The zero-order chi connectivity index (χ0) is 13.8. The van der Waals surface area contributed by atoms with Crippen molar-refractivity contribution in [1.29, 1.82) is 0 Å². The summed E-state index contributed by atoms with van der Waals surface area (Å²) in [5.74, 6) is -0.0252. The van der Waals surface area contributed by atoms with Crippen molar-refractivity contribution < 1.29 is 19.1 Å². The molecule has 0 spiro atoms. The lowest BCUT2D eigenvalue weighted by molar-refractivity contribution is -0.153. The Morgan fingerprint density at radius 2 is 2.26 bits per heavy atom. The van der Waals surface area contributed by atoms with E-state index >= 15 is 0 Å². The van der Waals surface area contributed by atoms with Gasteiger partial charge in [0.15, 0.2) is 0 Å². The molecule has 104 valence electrons. The van der Waals surface area contributed by atoms with E-state index in [9.17, 15) is 9.59 Å². The minimum absolute atomic E-state index is 0.0587. The van der Waals surface area contributed by atoms with Gasteiger partial charge in [0.25, 0.3) is 0 Å². The quantitative estimate of drug-likeness (QED) is 0.578. The largest absolute Gasteiger partial charge is 0.465 e. The summed E-state index contributed by atoms with van der Waals surface area (Å²) in [6.45, 7) is 7.97. The van der Waals surface area contributed by atoms with E-state index in [1.807, 2.05) is 0 Å². The van der Waals surface area contributed by atoms with Crippen molar-refractivity contribution in [2.75, 3.05) is 6.61 Å². The van der Waals surface area contributed by atoms with E-state index in [0.717, 1.165) is 19.3 Å². The molecule has 0 amide bonds. The molecule has 0 aromatic rings. The van der Waals surface area contributed by atoms with E-state index in [0.29, 0.717) is 18.1 Å². The molecular weight excluding hydrogens is 244 g/mol. The van der Waals surface area contributed by atoms with Crippen LogP contribution in [0.2, 0.25) is 0 Å². The molecule has 0 N–H and O–H groups in total. The van der Waals surface area contributed by atoms with Crippen LogP contribution in [0.3, 0.4) is 0 Å². The molecule has 2 aliphatic carbocycles. The molecule has 2 bridgehead atoms. The van der Waals surface area contributed by atoms with E-state index in [4.69, 9.17) is 9.47 Å². The number of hydrogen-bond donors (Lipinski definition) is 0. The predicted molar refractivity (Wildman–Crippen MR) is 68.1 cm³/mol. The van der Waals surface area contributed by atoms with Gasteiger partial charge in [-0.2, -0.15) is 0 Å². The third kappa shape index (κ3) is 1.65. The van der Waals surface area contributed by atoms with Gasteiger partial charge in [0, 0.05) is 17.4 Å². The van der Waals surface area contributed by atoms with Crippen molar-refractivity contribution in [2.24, 2.45) is 23.2 Å². The molecule has 19 heavy (non-hydrogen) atoms. The first-order chi connectivity index (χ1) is 8.98. The lowest BCUT2D eigenvalue weighted by Gasteiger charge is -2.35. The molecule has 1 aliphatic heterocycles. The first kappa shape index (κ1) is 12.7. The molecule has 2 saturated carbocycles. The van der Waals surface area contributed by atoms with Crippen LogP contribution < -0.4 is 0 Å². The summed E-state index contributed by atoms with van der Waals surface area (Å²) in [6.07, 6.45) is 2.73. The summed E-state index contributed by atoms with van der Waals surface area (Å²) >= 11 is 0. The first-order valence-electron chi connectivity index (χ1n) is 7.01. The number of ether oxygens (including phenoxy) is 2. The van der Waals surface area contributed by atoms with Crippen LogP contribution in [0.1, 0.15) is 33.1 Å². The molecular formula is C15H20O4. The van der Waals surface area contributed by atoms with Crippen LogP contribution >= 0.6 is 0 Å². The van der Waals surface area contributed by atoms with E-state index in [1.165, 1.54) is 0 Å². The van der Waals surface area contributed by atoms with Gasteiger partial charge in [-0.25, -0.2) is 4.79 Å². The molecule has 1 heterocycles. The molecule has 0 radical (unpaired) electrons. The smallest absolute Gasteiger partial charge is 0.333 e. The summed E-state index contributed by atoms with van der Waals surface area (Å²) in [5, 5.41) is 0. The Labute approximate surface area is 113 Å². The second-order valence-electron chi connectivity index (χ2n) is 6.27. The van der Waals surface area contributed by atoms with Crippen LogP contribution in [0.25, 0.3) is 0 Å². The van der Waals surface area contributed by atoms with Crippen LogP contribution in [0.15, 0.2) is 12.2 Å². The second kappa shape index (κ2) is 4.09. The highest BCUT2D eigenvalue weighted by Crippen LogP contribution is 2.64. The summed E-state index contributed by atoms with van der Waals surface area (Å²) in [5.41, 5.74) is 0.542. The van der Waals surface area contributed by atoms with Gasteiger partial charge in [-0.3, -0.25) is 4.79 Å². The fourth-order valence-electron chi connectivity index (χ4n) is 4.38. The lowest BCUT2D eigenvalue weighted by atomic mass is 9.69. The summed E-state index contributed by atoms with van der Waals surface area (Å²) < 4.78 is 10.8. The topological polar surface area (TPSA) is 52.6 Å². The molecule has 4 heteroatoms. The van der Waals surface area contributed by atoms with Crippen LogP contribution in [0.5, 0.6) is 0 Å². The minimum Gasteiger partial charge on any atom is -0.465 e. The van der Waals surface area contributed by atoms with Crippen molar-refractivity contribution in [1.82, 2.24) is 0 Å². The van der Waals surface area contributed by atoms with E-state index in [2.05, 4.69) is 13.5 Å². The number of cyclic esters (lactones) is 1. The first-order valence-corrected chi connectivity index (χ1v) is 7.01. The van der Waals surface area contributed by atoms with Crippen LogP contribution in [-0.4, -0.2) is 24.6 Å². The zero-order valence-corrected chi connectivity index (χ0v) is 11.5. The molecule has 1 saturated heterocycles. The Hall–Kier alpha value is -1.32. The standard InChI is InChI=1S/C15H20O4/c1-4-15-5-9(12-10(15)7-18-14(12)17)11(6-15)19-13(16)8(2)3/h9-12H,2,4-7H2,1,3H3. The second-order valence-corrected chi connectivity index (χ2v) is 6.27. The van der Waals surface area contributed by atoms with E-state index in [1.54, 1.807) is 6.92 Å². The Kier molecular flexibility index (Phi) is 2.73. The van der Waals surface area contributed by atoms with Crippen LogP contribution in [0, 0.1) is 23.2 Å². The molecule has 4 nitrogen and oxygen atoms in total. The van der Waals surface area contributed by atoms with Crippen LogP contribution in [0.4, 0.5) is 0 Å².